The van der Waals surface area contributed by atoms with Gasteiger partial charge in [-0.3, -0.25) is 0 Å². The molecule has 0 fully saturated rings. The molecule has 2 nitrogen and oxygen atoms in total. The molecule has 0 saturated heterocycles. The van der Waals surface area contributed by atoms with Gasteiger partial charge in [0.1, 0.15) is 0 Å². The van der Waals surface area contributed by atoms with Crippen molar-refractivity contribution in [3.05, 3.63) is 41.6 Å². The molecular formula is C10H11NO. The lowest BCUT2D eigenvalue weighted by Crippen LogP contribution is -2.14. The van der Waals surface area contributed by atoms with Crippen molar-refractivity contribution in [2.24, 2.45) is 0 Å². The average Bonchev–Trinajstić information content (AvgIpc) is 2.17. The van der Waals surface area contributed by atoms with Crippen molar-refractivity contribution in [2.75, 3.05) is 6.61 Å². The number of rotatable bonds is 1. The van der Waals surface area contributed by atoms with Crippen LogP contribution in [0.1, 0.15) is 11.1 Å². The van der Waals surface area contributed by atoms with Crippen molar-refractivity contribution < 1.29 is 5.11 Å². The Morgan fingerprint density at radius 3 is 3.00 bits per heavy atom. The number of aliphatic hydroxyl groups excluding tert-OH is 1. The summed E-state index contributed by atoms with van der Waals surface area (Å²) in [7, 11) is 0. The van der Waals surface area contributed by atoms with Gasteiger partial charge < -0.3 is 10.4 Å². The Bertz CT molecular complexity index is 317. The molecule has 0 aromatic heterocycles. The van der Waals surface area contributed by atoms with Crippen molar-refractivity contribution in [1.29, 1.82) is 0 Å². The molecule has 1 aromatic rings. The van der Waals surface area contributed by atoms with E-state index in [2.05, 4.69) is 11.4 Å². The number of benzene rings is 1. The van der Waals surface area contributed by atoms with E-state index in [1.807, 2.05) is 24.4 Å². The van der Waals surface area contributed by atoms with Gasteiger partial charge in [-0.15, -0.1) is 0 Å². The molecule has 2 N–H and O–H groups in total. The summed E-state index contributed by atoms with van der Waals surface area (Å²) in [6, 6.07) is 8.12. The van der Waals surface area contributed by atoms with Gasteiger partial charge in [-0.1, -0.05) is 24.3 Å². The summed E-state index contributed by atoms with van der Waals surface area (Å²) in [5.41, 5.74) is 3.39. The summed E-state index contributed by atoms with van der Waals surface area (Å²) < 4.78 is 0. The Morgan fingerprint density at radius 2 is 2.17 bits per heavy atom. The zero-order valence-corrected chi connectivity index (χ0v) is 6.75. The number of aliphatic hydroxyl groups is 1. The Hall–Kier alpha value is -1.28. The average molecular weight is 161 g/mol. The van der Waals surface area contributed by atoms with E-state index in [4.69, 9.17) is 5.11 Å². The van der Waals surface area contributed by atoms with E-state index < -0.39 is 0 Å². The fraction of sp³-hybridized carbons (Fsp3) is 0.200. The van der Waals surface area contributed by atoms with Crippen LogP contribution in [0.15, 0.2) is 30.5 Å². The van der Waals surface area contributed by atoms with Crippen LogP contribution < -0.4 is 5.32 Å². The second kappa shape index (κ2) is 2.99. The minimum Gasteiger partial charge on any atom is -0.392 e. The maximum atomic E-state index is 9.03. The summed E-state index contributed by atoms with van der Waals surface area (Å²) >= 11 is 0. The van der Waals surface area contributed by atoms with Crippen LogP contribution in [0.3, 0.4) is 0 Å². The quantitative estimate of drug-likeness (QED) is 0.647. The van der Waals surface area contributed by atoms with E-state index >= 15 is 0 Å². The van der Waals surface area contributed by atoms with Crippen LogP contribution in [0, 0.1) is 0 Å². The molecule has 0 radical (unpaired) electrons. The zero-order chi connectivity index (χ0) is 8.39. The Balaban J connectivity index is 2.48. The lowest BCUT2D eigenvalue weighted by molar-refractivity contribution is 0.349. The highest BCUT2D eigenvalue weighted by molar-refractivity contribution is 5.70. The molecule has 1 aromatic carbocycles. The molecule has 12 heavy (non-hydrogen) atoms. The van der Waals surface area contributed by atoms with E-state index in [1.165, 1.54) is 11.1 Å². The van der Waals surface area contributed by atoms with Gasteiger partial charge in [0.25, 0.3) is 0 Å². The highest BCUT2D eigenvalue weighted by atomic mass is 16.3. The predicted octanol–water partition coefficient (Wildman–Crippen LogP) is 1.12. The first-order valence-electron chi connectivity index (χ1n) is 4.03. The van der Waals surface area contributed by atoms with E-state index in [1.54, 1.807) is 0 Å². The Kier molecular flexibility index (Phi) is 1.84. The molecular weight excluding hydrogens is 150 g/mol. The molecule has 62 valence electrons. The van der Waals surface area contributed by atoms with Crippen molar-refractivity contribution >= 4 is 5.57 Å². The lowest BCUT2D eigenvalue weighted by Gasteiger charge is -2.16. The highest BCUT2D eigenvalue weighted by Crippen LogP contribution is 2.21. The van der Waals surface area contributed by atoms with E-state index in [9.17, 15) is 0 Å². The van der Waals surface area contributed by atoms with Gasteiger partial charge in [0.2, 0.25) is 0 Å². The fourth-order valence-corrected chi connectivity index (χ4v) is 1.48. The fourth-order valence-electron chi connectivity index (χ4n) is 1.48. The van der Waals surface area contributed by atoms with Gasteiger partial charge >= 0.3 is 0 Å². The van der Waals surface area contributed by atoms with Crippen molar-refractivity contribution in [3.63, 3.8) is 0 Å². The molecule has 0 aliphatic carbocycles. The third-order valence-corrected chi connectivity index (χ3v) is 2.10. The molecule has 0 amide bonds. The van der Waals surface area contributed by atoms with Crippen LogP contribution in [0.4, 0.5) is 0 Å². The van der Waals surface area contributed by atoms with Crippen molar-refractivity contribution in [2.45, 2.75) is 6.54 Å². The van der Waals surface area contributed by atoms with Crippen molar-refractivity contribution in [1.82, 2.24) is 5.32 Å². The Labute approximate surface area is 71.5 Å². The van der Waals surface area contributed by atoms with Crippen molar-refractivity contribution in [3.8, 4) is 0 Å². The van der Waals surface area contributed by atoms with Crippen LogP contribution in [-0.4, -0.2) is 11.7 Å². The van der Waals surface area contributed by atoms with Gasteiger partial charge in [-0.25, -0.2) is 0 Å². The largest absolute Gasteiger partial charge is 0.392 e. The van der Waals surface area contributed by atoms with E-state index in [0.717, 1.165) is 12.1 Å². The van der Waals surface area contributed by atoms with Gasteiger partial charge in [-0.2, -0.15) is 0 Å². The molecule has 2 heteroatoms. The van der Waals surface area contributed by atoms with Crippen LogP contribution in [0.25, 0.3) is 5.57 Å². The summed E-state index contributed by atoms with van der Waals surface area (Å²) in [6.07, 6.45) is 1.88. The van der Waals surface area contributed by atoms with Gasteiger partial charge in [-0.05, 0) is 11.1 Å². The normalized spacial score (nSPS) is 14.6. The van der Waals surface area contributed by atoms with Gasteiger partial charge in [0.15, 0.2) is 0 Å². The Morgan fingerprint density at radius 1 is 1.33 bits per heavy atom. The minimum atomic E-state index is 0.101. The number of nitrogens with one attached hydrogen (secondary N) is 1. The first-order valence-corrected chi connectivity index (χ1v) is 4.03. The molecule has 1 heterocycles. The molecule has 1 aliphatic rings. The molecule has 0 saturated carbocycles. The van der Waals surface area contributed by atoms with E-state index in [0.29, 0.717) is 0 Å². The lowest BCUT2D eigenvalue weighted by atomic mass is 9.98. The summed E-state index contributed by atoms with van der Waals surface area (Å²) in [6.45, 7) is 0.962. The summed E-state index contributed by atoms with van der Waals surface area (Å²) in [5, 5.41) is 12.1. The van der Waals surface area contributed by atoms with E-state index in [-0.39, 0.29) is 6.61 Å². The van der Waals surface area contributed by atoms with Gasteiger partial charge in [0, 0.05) is 18.3 Å². The summed E-state index contributed by atoms with van der Waals surface area (Å²) in [4.78, 5) is 0. The van der Waals surface area contributed by atoms with Gasteiger partial charge in [0.05, 0.1) is 6.61 Å². The summed E-state index contributed by atoms with van der Waals surface area (Å²) in [5.74, 6) is 0. The minimum absolute atomic E-state index is 0.101. The standard InChI is InChI=1S/C10H11NO/c12-7-9-6-11-5-8-3-1-2-4-10(8)9/h1-4,6,11-12H,5,7H2. The van der Waals surface area contributed by atoms with Crippen LogP contribution in [0.2, 0.25) is 0 Å². The number of fused-ring (bicyclic) bond motifs is 1. The second-order valence-electron chi connectivity index (χ2n) is 2.87. The number of hydrogen-bond acceptors (Lipinski definition) is 2. The maximum absolute atomic E-state index is 9.03. The third-order valence-electron chi connectivity index (χ3n) is 2.10. The van der Waals surface area contributed by atoms with Crippen LogP contribution in [-0.2, 0) is 6.54 Å². The smallest absolute Gasteiger partial charge is 0.0701 e. The first-order chi connectivity index (χ1) is 5.92. The number of hydrogen-bond donors (Lipinski definition) is 2. The van der Waals surface area contributed by atoms with Crippen LogP contribution >= 0.6 is 0 Å². The molecule has 0 atom stereocenters. The zero-order valence-electron chi connectivity index (χ0n) is 6.75. The predicted molar refractivity (Wildman–Crippen MR) is 48.3 cm³/mol. The maximum Gasteiger partial charge on any atom is 0.0701 e. The highest BCUT2D eigenvalue weighted by Gasteiger charge is 2.09. The molecule has 0 unspecified atom stereocenters. The van der Waals surface area contributed by atoms with Crippen LogP contribution in [0.5, 0.6) is 0 Å². The molecule has 1 aliphatic heterocycles. The molecule has 0 bridgehead atoms. The SMILES string of the molecule is OCC1=CNCc2ccccc21. The second-order valence-corrected chi connectivity index (χ2v) is 2.87. The monoisotopic (exact) mass is 161 g/mol. The first kappa shape index (κ1) is 7.37. The third kappa shape index (κ3) is 1.10. The molecule has 0 spiro atoms. The molecule has 2 rings (SSSR count). The topological polar surface area (TPSA) is 32.3 Å².